The molecule has 3 unspecified atom stereocenters. The number of fused-ring (bicyclic) bond motifs is 2. The fourth-order valence-electron chi connectivity index (χ4n) is 3.28. The molecule has 0 aromatic carbocycles. The van der Waals surface area contributed by atoms with Crippen LogP contribution < -0.4 is 5.73 Å². The van der Waals surface area contributed by atoms with Gasteiger partial charge < -0.3 is 10.5 Å². The van der Waals surface area contributed by atoms with Gasteiger partial charge in [-0.25, -0.2) is 0 Å². The third-order valence-corrected chi connectivity index (χ3v) is 4.04. The molecule has 82 valence electrons. The highest BCUT2D eigenvalue weighted by atomic mass is 16.5. The zero-order valence-electron chi connectivity index (χ0n) is 9.46. The summed E-state index contributed by atoms with van der Waals surface area (Å²) in [6.45, 7) is 5.02. The normalized spacial score (nSPS) is 41.1. The second kappa shape index (κ2) is 3.82. The van der Waals surface area contributed by atoms with Crippen LogP contribution in [0.4, 0.5) is 0 Å². The summed E-state index contributed by atoms with van der Waals surface area (Å²) in [5.74, 6) is 1.73. The van der Waals surface area contributed by atoms with E-state index in [9.17, 15) is 0 Å². The van der Waals surface area contributed by atoms with E-state index in [1.165, 1.54) is 25.7 Å². The molecule has 0 spiro atoms. The number of ether oxygens (including phenoxy) is 1. The Morgan fingerprint density at radius 3 is 2.71 bits per heavy atom. The molecule has 0 radical (unpaired) electrons. The molecule has 14 heavy (non-hydrogen) atoms. The van der Waals surface area contributed by atoms with E-state index in [0.29, 0.717) is 6.10 Å². The van der Waals surface area contributed by atoms with Gasteiger partial charge in [-0.05, 0) is 51.4 Å². The van der Waals surface area contributed by atoms with Crippen LogP contribution in [-0.4, -0.2) is 18.2 Å². The van der Waals surface area contributed by atoms with E-state index in [4.69, 9.17) is 10.5 Å². The van der Waals surface area contributed by atoms with Crippen molar-refractivity contribution in [1.29, 1.82) is 0 Å². The van der Waals surface area contributed by atoms with Crippen molar-refractivity contribution in [3.8, 4) is 0 Å². The van der Waals surface area contributed by atoms with Gasteiger partial charge >= 0.3 is 0 Å². The molecular formula is C12H23NO. The van der Waals surface area contributed by atoms with E-state index in [1.807, 2.05) is 0 Å². The van der Waals surface area contributed by atoms with Crippen LogP contribution in [0, 0.1) is 11.8 Å². The molecule has 2 N–H and O–H groups in total. The second-order valence-corrected chi connectivity index (χ2v) is 5.48. The summed E-state index contributed by atoms with van der Waals surface area (Å²) < 4.78 is 5.60. The van der Waals surface area contributed by atoms with Gasteiger partial charge in [-0.15, -0.1) is 0 Å². The van der Waals surface area contributed by atoms with Crippen LogP contribution in [0.3, 0.4) is 0 Å². The molecule has 0 amide bonds. The van der Waals surface area contributed by atoms with Gasteiger partial charge in [0.15, 0.2) is 0 Å². The summed E-state index contributed by atoms with van der Waals surface area (Å²) in [4.78, 5) is 0. The highest BCUT2D eigenvalue weighted by Crippen LogP contribution is 2.50. The average Bonchev–Trinajstić information content (AvgIpc) is 2.62. The van der Waals surface area contributed by atoms with E-state index in [-0.39, 0.29) is 5.54 Å². The van der Waals surface area contributed by atoms with Gasteiger partial charge in [-0.2, -0.15) is 0 Å². The van der Waals surface area contributed by atoms with Crippen molar-refractivity contribution in [2.45, 2.75) is 57.6 Å². The van der Waals surface area contributed by atoms with Crippen molar-refractivity contribution in [3.63, 3.8) is 0 Å². The predicted octanol–water partition coefficient (Wildman–Crippen LogP) is 2.32. The zero-order valence-corrected chi connectivity index (χ0v) is 9.46. The Morgan fingerprint density at radius 2 is 2.21 bits per heavy atom. The van der Waals surface area contributed by atoms with Crippen molar-refractivity contribution in [2.75, 3.05) is 6.61 Å². The lowest BCUT2D eigenvalue weighted by atomic mass is 9.80. The first-order chi connectivity index (χ1) is 6.60. The summed E-state index contributed by atoms with van der Waals surface area (Å²) in [6, 6.07) is 0. The Kier molecular flexibility index (Phi) is 2.85. The molecule has 2 heteroatoms. The van der Waals surface area contributed by atoms with Crippen LogP contribution in [-0.2, 0) is 4.74 Å². The van der Waals surface area contributed by atoms with E-state index < -0.39 is 0 Å². The van der Waals surface area contributed by atoms with Gasteiger partial charge in [0.2, 0.25) is 0 Å². The number of nitrogens with two attached hydrogens (primary N) is 1. The van der Waals surface area contributed by atoms with Gasteiger partial charge in [0, 0.05) is 12.1 Å². The smallest absolute Gasteiger partial charge is 0.0518 e. The maximum atomic E-state index is 6.45. The maximum Gasteiger partial charge on any atom is 0.0518 e. The first-order valence-electron chi connectivity index (χ1n) is 6.00. The second-order valence-electron chi connectivity index (χ2n) is 5.48. The van der Waals surface area contributed by atoms with Gasteiger partial charge in [0.25, 0.3) is 0 Å². The van der Waals surface area contributed by atoms with Crippen LogP contribution in [0.25, 0.3) is 0 Å². The Morgan fingerprint density at radius 1 is 1.43 bits per heavy atom. The molecule has 0 saturated heterocycles. The molecule has 2 fully saturated rings. The number of hydrogen-bond donors (Lipinski definition) is 1. The predicted molar refractivity (Wildman–Crippen MR) is 58.1 cm³/mol. The molecule has 2 aliphatic carbocycles. The summed E-state index contributed by atoms with van der Waals surface area (Å²) in [5.41, 5.74) is 6.57. The molecular weight excluding hydrogens is 174 g/mol. The van der Waals surface area contributed by atoms with Crippen molar-refractivity contribution in [1.82, 2.24) is 0 Å². The van der Waals surface area contributed by atoms with Gasteiger partial charge in [-0.3, -0.25) is 0 Å². The molecule has 3 atom stereocenters. The molecule has 2 aliphatic rings. The van der Waals surface area contributed by atoms with Gasteiger partial charge in [0.05, 0.1) is 6.10 Å². The lowest BCUT2D eigenvalue weighted by molar-refractivity contribution is 0.0567. The van der Waals surface area contributed by atoms with E-state index in [2.05, 4.69) is 13.8 Å². The molecule has 0 aliphatic heterocycles. The summed E-state index contributed by atoms with van der Waals surface area (Å²) in [7, 11) is 0. The zero-order chi connectivity index (χ0) is 10.2. The summed E-state index contributed by atoms with van der Waals surface area (Å²) in [5, 5.41) is 0. The molecule has 0 heterocycles. The minimum atomic E-state index is 0.123. The maximum absolute atomic E-state index is 6.45. The largest absolute Gasteiger partial charge is 0.379 e. The topological polar surface area (TPSA) is 35.2 Å². The summed E-state index contributed by atoms with van der Waals surface area (Å²) in [6.07, 6.45) is 6.83. The lowest BCUT2D eigenvalue weighted by Gasteiger charge is -2.34. The Hall–Kier alpha value is -0.0800. The van der Waals surface area contributed by atoms with Gasteiger partial charge in [-0.1, -0.05) is 6.42 Å². The first-order valence-corrected chi connectivity index (χ1v) is 6.00. The van der Waals surface area contributed by atoms with Crippen LogP contribution in [0.15, 0.2) is 0 Å². The quantitative estimate of drug-likeness (QED) is 0.750. The third kappa shape index (κ3) is 1.96. The average molecular weight is 197 g/mol. The molecule has 0 aromatic rings. The minimum Gasteiger partial charge on any atom is -0.379 e. The van der Waals surface area contributed by atoms with E-state index >= 15 is 0 Å². The number of rotatable bonds is 4. The van der Waals surface area contributed by atoms with Crippen molar-refractivity contribution in [2.24, 2.45) is 17.6 Å². The van der Waals surface area contributed by atoms with Gasteiger partial charge in [0.1, 0.15) is 0 Å². The van der Waals surface area contributed by atoms with Crippen molar-refractivity contribution < 1.29 is 4.74 Å². The molecule has 2 rings (SSSR count). The molecule has 0 aromatic heterocycles. The Labute approximate surface area is 87.2 Å². The lowest BCUT2D eigenvalue weighted by Crippen LogP contribution is -2.45. The van der Waals surface area contributed by atoms with E-state index in [1.54, 1.807) is 0 Å². The third-order valence-electron chi connectivity index (χ3n) is 4.04. The monoisotopic (exact) mass is 197 g/mol. The minimum absolute atomic E-state index is 0.123. The molecule has 2 saturated carbocycles. The Bertz CT molecular complexity index is 204. The van der Waals surface area contributed by atoms with Crippen LogP contribution in [0.2, 0.25) is 0 Å². The van der Waals surface area contributed by atoms with Crippen LogP contribution in [0.5, 0.6) is 0 Å². The van der Waals surface area contributed by atoms with Crippen LogP contribution in [0.1, 0.15) is 46.0 Å². The van der Waals surface area contributed by atoms with Crippen LogP contribution >= 0.6 is 0 Å². The fraction of sp³-hybridized carbons (Fsp3) is 1.00. The van der Waals surface area contributed by atoms with Crippen molar-refractivity contribution >= 4 is 0 Å². The highest BCUT2D eigenvalue weighted by molar-refractivity contribution is 5.04. The SMILES string of the molecule is CC(C)OCCC1(N)CC2CCC1C2. The standard InChI is InChI=1S/C12H23NO/c1-9(2)14-6-5-12(13)8-10-3-4-11(12)7-10/h9-11H,3-8,13H2,1-2H3. The first kappa shape index (κ1) is 10.4. The summed E-state index contributed by atoms with van der Waals surface area (Å²) >= 11 is 0. The van der Waals surface area contributed by atoms with Crippen molar-refractivity contribution in [3.05, 3.63) is 0 Å². The fourth-order valence-corrected chi connectivity index (χ4v) is 3.28. The number of hydrogen-bond acceptors (Lipinski definition) is 2. The van der Waals surface area contributed by atoms with E-state index in [0.717, 1.165) is 24.9 Å². The Balaban J connectivity index is 1.79. The molecule has 2 nitrogen and oxygen atoms in total. The molecule has 2 bridgehead atoms. The highest BCUT2D eigenvalue weighted by Gasteiger charge is 2.47.